The van der Waals surface area contributed by atoms with Crippen molar-refractivity contribution in [3.05, 3.63) is 101 Å². The average Bonchev–Trinajstić information content (AvgIpc) is 3.03. The van der Waals surface area contributed by atoms with Crippen LogP contribution in [0.3, 0.4) is 0 Å². The van der Waals surface area contributed by atoms with Crippen LogP contribution in [0.1, 0.15) is 81.2 Å². The first-order valence-electron chi connectivity index (χ1n) is 16.2. The molecule has 0 aliphatic carbocycles. The molecule has 0 aliphatic heterocycles. The smallest absolute Gasteiger partial charge is 0.354 e. The summed E-state index contributed by atoms with van der Waals surface area (Å²) < 4.78 is 32.4. The van der Waals surface area contributed by atoms with Gasteiger partial charge in [0.2, 0.25) is 0 Å². The third kappa shape index (κ3) is 8.92. The van der Waals surface area contributed by atoms with Gasteiger partial charge in [-0.3, -0.25) is 9.36 Å². The van der Waals surface area contributed by atoms with E-state index >= 15 is 0 Å². The van der Waals surface area contributed by atoms with Crippen LogP contribution in [0.2, 0.25) is 0 Å². The fourth-order valence-electron chi connectivity index (χ4n) is 5.58. The molecule has 0 saturated heterocycles. The van der Waals surface area contributed by atoms with Crippen molar-refractivity contribution in [3.63, 3.8) is 0 Å². The number of esters is 1. The Kier molecular flexibility index (Phi) is 11.9. The summed E-state index contributed by atoms with van der Waals surface area (Å²) in [5, 5.41) is 15.0. The topological polar surface area (TPSA) is 94.1 Å². The molecule has 0 aromatic heterocycles. The number of phenols is 1. The maximum Gasteiger partial charge on any atom is 0.354 e. The summed E-state index contributed by atoms with van der Waals surface area (Å²) in [5.41, 5.74) is 5.27. The molecular formula is C38H48NO6P. The van der Waals surface area contributed by atoms with E-state index < -0.39 is 19.5 Å². The molecule has 8 heteroatoms. The SMILES string of the molecule is CCC(CC)COC(=O)[C@H](C)N[P@@](=O)(COc1cc(C)c(Cc2ccc(O)c(C(C)C)c2)c(C)c1)Oc1cccc2ccccc12. The van der Waals surface area contributed by atoms with Gasteiger partial charge in [-0.1, -0.05) is 89.1 Å². The third-order valence-electron chi connectivity index (χ3n) is 8.52. The number of rotatable bonds is 15. The van der Waals surface area contributed by atoms with Crippen LogP contribution in [0.15, 0.2) is 72.8 Å². The lowest BCUT2D eigenvalue weighted by Crippen LogP contribution is -2.36. The molecule has 0 spiro atoms. The van der Waals surface area contributed by atoms with Gasteiger partial charge in [0.25, 0.3) is 0 Å². The van der Waals surface area contributed by atoms with Gasteiger partial charge in [-0.05, 0) is 96.5 Å². The number of hydrogen-bond acceptors (Lipinski definition) is 6. The normalized spacial score (nSPS) is 13.5. The second-order valence-corrected chi connectivity index (χ2v) is 14.5. The molecule has 4 aromatic carbocycles. The molecule has 7 nitrogen and oxygen atoms in total. The van der Waals surface area contributed by atoms with Crippen LogP contribution in [-0.2, 0) is 20.5 Å². The zero-order valence-electron chi connectivity index (χ0n) is 28.1. The van der Waals surface area contributed by atoms with Gasteiger partial charge in [-0.2, -0.15) is 0 Å². The summed E-state index contributed by atoms with van der Waals surface area (Å²) in [6, 6.07) is 22.0. The molecule has 246 valence electrons. The first kappa shape index (κ1) is 35.1. The van der Waals surface area contributed by atoms with Crippen molar-refractivity contribution < 1.29 is 28.5 Å². The molecule has 0 saturated carbocycles. The van der Waals surface area contributed by atoms with E-state index in [1.165, 1.54) is 0 Å². The highest BCUT2D eigenvalue weighted by atomic mass is 31.2. The monoisotopic (exact) mass is 645 g/mol. The van der Waals surface area contributed by atoms with Gasteiger partial charge in [-0.25, -0.2) is 5.09 Å². The fraction of sp³-hybridized carbons (Fsp3) is 0.395. The van der Waals surface area contributed by atoms with Crippen LogP contribution in [0.5, 0.6) is 17.2 Å². The summed E-state index contributed by atoms with van der Waals surface area (Å²) in [6.45, 7) is 14.3. The van der Waals surface area contributed by atoms with E-state index in [0.29, 0.717) is 30.3 Å². The molecule has 0 unspecified atom stereocenters. The first-order chi connectivity index (χ1) is 21.9. The second kappa shape index (κ2) is 15.7. The van der Waals surface area contributed by atoms with Crippen molar-refractivity contribution >= 4 is 24.3 Å². The van der Waals surface area contributed by atoms with Gasteiger partial charge in [0.05, 0.1) is 6.61 Å². The first-order valence-corrected chi connectivity index (χ1v) is 18.0. The lowest BCUT2D eigenvalue weighted by Gasteiger charge is -2.25. The van der Waals surface area contributed by atoms with Gasteiger partial charge in [0.1, 0.15) is 23.3 Å². The highest BCUT2D eigenvalue weighted by Gasteiger charge is 2.32. The molecule has 0 fully saturated rings. The van der Waals surface area contributed by atoms with Gasteiger partial charge in [0.15, 0.2) is 6.35 Å². The van der Waals surface area contributed by atoms with Crippen molar-refractivity contribution in [1.82, 2.24) is 5.09 Å². The number of hydrogen-bond donors (Lipinski definition) is 2. The van der Waals surface area contributed by atoms with Gasteiger partial charge in [0, 0.05) is 5.39 Å². The van der Waals surface area contributed by atoms with E-state index in [-0.39, 0.29) is 18.2 Å². The summed E-state index contributed by atoms with van der Waals surface area (Å²) in [5.74, 6) is 1.31. The third-order valence-corrected chi connectivity index (χ3v) is 10.3. The maximum absolute atomic E-state index is 14.5. The molecule has 4 rings (SSSR count). The van der Waals surface area contributed by atoms with Gasteiger partial charge >= 0.3 is 13.5 Å². The molecular weight excluding hydrogens is 597 g/mol. The Hall–Kier alpha value is -3.80. The van der Waals surface area contributed by atoms with Gasteiger partial charge < -0.3 is 19.1 Å². The number of aryl methyl sites for hydroxylation is 2. The van der Waals surface area contributed by atoms with E-state index in [2.05, 4.69) is 38.8 Å². The predicted octanol–water partition coefficient (Wildman–Crippen LogP) is 9.44. The predicted molar refractivity (Wildman–Crippen MR) is 186 cm³/mol. The lowest BCUT2D eigenvalue weighted by atomic mass is 9.93. The van der Waals surface area contributed by atoms with Crippen LogP contribution in [0, 0.1) is 19.8 Å². The largest absolute Gasteiger partial charge is 0.508 e. The Labute approximate surface area is 273 Å². The molecule has 0 radical (unpaired) electrons. The minimum Gasteiger partial charge on any atom is -0.508 e. The van der Waals surface area contributed by atoms with Crippen LogP contribution in [0.4, 0.5) is 0 Å². The number of fused-ring (bicyclic) bond motifs is 1. The molecule has 0 aliphatic rings. The van der Waals surface area contributed by atoms with Crippen molar-refractivity contribution in [1.29, 1.82) is 0 Å². The van der Waals surface area contributed by atoms with Crippen molar-refractivity contribution in [2.24, 2.45) is 5.92 Å². The molecule has 0 bridgehead atoms. The Morgan fingerprint density at radius 1 is 0.913 bits per heavy atom. The van der Waals surface area contributed by atoms with E-state index in [1.807, 2.05) is 68.4 Å². The highest BCUT2D eigenvalue weighted by Crippen LogP contribution is 2.46. The Balaban J connectivity index is 1.56. The molecule has 2 atom stereocenters. The second-order valence-electron chi connectivity index (χ2n) is 12.4. The lowest BCUT2D eigenvalue weighted by molar-refractivity contribution is -0.146. The Bertz CT molecular complexity index is 1670. The average molecular weight is 646 g/mol. The maximum atomic E-state index is 14.5. The number of benzene rings is 4. The van der Waals surface area contributed by atoms with E-state index in [1.54, 1.807) is 19.1 Å². The summed E-state index contributed by atoms with van der Waals surface area (Å²) in [7, 11) is -3.80. The zero-order chi connectivity index (χ0) is 33.4. The number of carbonyl (C=O) groups excluding carboxylic acids is 1. The minimum absolute atomic E-state index is 0.215. The summed E-state index contributed by atoms with van der Waals surface area (Å²) in [4.78, 5) is 12.9. The van der Waals surface area contributed by atoms with E-state index in [0.717, 1.165) is 51.4 Å². The molecule has 2 N–H and O–H groups in total. The molecule has 0 heterocycles. The summed E-state index contributed by atoms with van der Waals surface area (Å²) >= 11 is 0. The molecule has 0 amide bonds. The van der Waals surface area contributed by atoms with Gasteiger partial charge in [-0.15, -0.1) is 0 Å². The molecule has 4 aromatic rings. The van der Waals surface area contributed by atoms with E-state index in [4.69, 9.17) is 14.0 Å². The van der Waals surface area contributed by atoms with E-state index in [9.17, 15) is 14.5 Å². The van der Waals surface area contributed by atoms with Crippen molar-refractivity contribution in [2.45, 2.75) is 79.7 Å². The van der Waals surface area contributed by atoms with Crippen molar-refractivity contribution in [3.8, 4) is 17.2 Å². The number of carbonyl (C=O) groups is 1. The zero-order valence-corrected chi connectivity index (χ0v) is 29.0. The minimum atomic E-state index is -3.80. The number of ether oxygens (including phenoxy) is 2. The quantitative estimate of drug-likeness (QED) is 0.0983. The van der Waals surface area contributed by atoms with Crippen LogP contribution >= 0.6 is 7.52 Å². The Morgan fingerprint density at radius 2 is 1.59 bits per heavy atom. The Morgan fingerprint density at radius 3 is 2.26 bits per heavy atom. The number of phenolic OH excluding ortho intramolecular Hbond substituents is 1. The van der Waals surface area contributed by atoms with Crippen LogP contribution < -0.4 is 14.3 Å². The van der Waals surface area contributed by atoms with Crippen LogP contribution in [0.25, 0.3) is 10.8 Å². The fourth-order valence-corrected chi connectivity index (χ4v) is 7.25. The highest BCUT2D eigenvalue weighted by molar-refractivity contribution is 7.57. The number of nitrogens with one attached hydrogen (secondary N) is 1. The van der Waals surface area contributed by atoms with Crippen molar-refractivity contribution in [2.75, 3.05) is 13.0 Å². The number of aromatic hydroxyl groups is 1. The standard InChI is InChI=1S/C38H48NO6P/c1-8-29(9-2)23-43-38(41)28(7)39-46(42,45-37-16-12-14-31-13-10-11-15-33(31)37)24-44-32-19-26(5)35(27(6)20-32)22-30-17-18-36(40)34(21-30)25(3)4/h10-21,25,28-29,40H,8-9,22-24H2,1-7H3,(H,39,42)/t28-,46+/m0/s1. The van der Waals surface area contributed by atoms with Crippen LogP contribution in [-0.4, -0.2) is 30.1 Å². The summed E-state index contributed by atoms with van der Waals surface area (Å²) in [6.07, 6.45) is 2.23. The molecule has 46 heavy (non-hydrogen) atoms.